The van der Waals surface area contributed by atoms with E-state index in [0.717, 1.165) is 48.1 Å². The summed E-state index contributed by atoms with van der Waals surface area (Å²) >= 11 is 0. The number of rotatable bonds is 6. The molecule has 172 valence electrons. The zero-order chi connectivity index (χ0) is 23.6. The van der Waals surface area contributed by atoms with Crippen LogP contribution >= 0.6 is 0 Å². The van der Waals surface area contributed by atoms with Crippen molar-refractivity contribution in [3.8, 4) is 11.3 Å². The average Bonchev–Trinajstić information content (AvgIpc) is 3.31. The first-order chi connectivity index (χ1) is 15.7. The zero-order valence-corrected chi connectivity index (χ0v) is 19.6. The molecular formula is C28H32N2O3. The Morgan fingerprint density at radius 2 is 1.61 bits per heavy atom. The SMILES string of the molecule is CC(C)(C)C(C(=O)O)(c1ccc(Cn2nc(-c3ccccc3)ccc2=O)cc1)C1CCCC1. The minimum Gasteiger partial charge on any atom is -0.481 e. The van der Waals surface area contributed by atoms with E-state index in [1.54, 1.807) is 12.1 Å². The summed E-state index contributed by atoms with van der Waals surface area (Å²) in [7, 11) is 0. The molecule has 1 aliphatic carbocycles. The number of benzene rings is 2. The van der Waals surface area contributed by atoms with Crippen molar-refractivity contribution in [3.05, 3.63) is 88.2 Å². The topological polar surface area (TPSA) is 72.2 Å². The van der Waals surface area contributed by atoms with Crippen LogP contribution in [0.2, 0.25) is 0 Å². The van der Waals surface area contributed by atoms with Crippen LogP contribution in [0.5, 0.6) is 0 Å². The lowest BCUT2D eigenvalue weighted by molar-refractivity contribution is -0.152. The van der Waals surface area contributed by atoms with Crippen molar-refractivity contribution >= 4 is 5.97 Å². The van der Waals surface area contributed by atoms with Gasteiger partial charge in [0.1, 0.15) is 5.41 Å². The highest BCUT2D eigenvalue weighted by atomic mass is 16.4. The first-order valence-corrected chi connectivity index (χ1v) is 11.7. The van der Waals surface area contributed by atoms with E-state index in [2.05, 4.69) is 5.10 Å². The van der Waals surface area contributed by atoms with Gasteiger partial charge in [-0.25, -0.2) is 4.68 Å². The van der Waals surface area contributed by atoms with Crippen LogP contribution < -0.4 is 5.56 Å². The van der Waals surface area contributed by atoms with Gasteiger partial charge < -0.3 is 5.11 Å². The van der Waals surface area contributed by atoms with Crippen LogP contribution in [0, 0.1) is 11.3 Å². The molecule has 0 spiro atoms. The van der Waals surface area contributed by atoms with Gasteiger partial charge in [0.05, 0.1) is 12.2 Å². The van der Waals surface area contributed by atoms with Crippen molar-refractivity contribution in [1.29, 1.82) is 0 Å². The van der Waals surface area contributed by atoms with E-state index in [4.69, 9.17) is 0 Å². The summed E-state index contributed by atoms with van der Waals surface area (Å²) < 4.78 is 1.46. The van der Waals surface area contributed by atoms with Crippen LogP contribution in [-0.4, -0.2) is 20.9 Å². The number of hydrogen-bond acceptors (Lipinski definition) is 3. The molecule has 4 rings (SSSR count). The zero-order valence-electron chi connectivity index (χ0n) is 19.6. The third kappa shape index (κ3) is 4.24. The van der Waals surface area contributed by atoms with Gasteiger partial charge in [-0.05, 0) is 41.4 Å². The van der Waals surface area contributed by atoms with Crippen molar-refractivity contribution in [2.24, 2.45) is 11.3 Å². The molecule has 0 aliphatic heterocycles. The first-order valence-electron chi connectivity index (χ1n) is 11.7. The van der Waals surface area contributed by atoms with Crippen LogP contribution in [0.3, 0.4) is 0 Å². The molecule has 1 N–H and O–H groups in total. The fourth-order valence-corrected chi connectivity index (χ4v) is 5.63. The Morgan fingerprint density at radius 1 is 0.970 bits per heavy atom. The monoisotopic (exact) mass is 444 g/mol. The van der Waals surface area contributed by atoms with E-state index >= 15 is 0 Å². The molecular weight excluding hydrogens is 412 g/mol. The number of aromatic nitrogens is 2. The Hall–Kier alpha value is -3.21. The fraction of sp³-hybridized carbons (Fsp3) is 0.393. The van der Waals surface area contributed by atoms with Gasteiger partial charge >= 0.3 is 5.97 Å². The van der Waals surface area contributed by atoms with E-state index < -0.39 is 16.8 Å². The predicted molar refractivity (Wildman–Crippen MR) is 130 cm³/mol. The molecule has 1 aromatic heterocycles. The lowest BCUT2D eigenvalue weighted by Gasteiger charge is -2.46. The first kappa shape index (κ1) is 23.0. The molecule has 5 nitrogen and oxygen atoms in total. The Labute approximate surface area is 195 Å². The van der Waals surface area contributed by atoms with Crippen molar-refractivity contribution in [2.45, 2.75) is 58.4 Å². The smallest absolute Gasteiger partial charge is 0.314 e. The predicted octanol–water partition coefficient (Wildman–Crippen LogP) is 5.52. The Kier molecular flexibility index (Phi) is 6.24. The van der Waals surface area contributed by atoms with Gasteiger partial charge in [-0.3, -0.25) is 9.59 Å². The fourth-order valence-electron chi connectivity index (χ4n) is 5.63. The molecule has 0 amide bonds. The van der Waals surface area contributed by atoms with E-state index in [1.165, 1.54) is 4.68 Å². The quantitative estimate of drug-likeness (QED) is 0.544. The summed E-state index contributed by atoms with van der Waals surface area (Å²) in [5.74, 6) is -0.629. The molecule has 1 aliphatic rings. The molecule has 1 unspecified atom stereocenters. The minimum atomic E-state index is -0.940. The summed E-state index contributed by atoms with van der Waals surface area (Å²) in [4.78, 5) is 25.2. The molecule has 2 aromatic carbocycles. The molecule has 1 fully saturated rings. The highest BCUT2D eigenvalue weighted by Crippen LogP contribution is 2.52. The van der Waals surface area contributed by atoms with Gasteiger partial charge in [0.2, 0.25) is 0 Å². The maximum Gasteiger partial charge on any atom is 0.314 e. The summed E-state index contributed by atoms with van der Waals surface area (Å²) in [6.45, 7) is 6.43. The second-order valence-electron chi connectivity index (χ2n) is 10.1. The molecule has 0 bridgehead atoms. The molecule has 1 saturated carbocycles. The largest absolute Gasteiger partial charge is 0.481 e. The third-order valence-electron chi connectivity index (χ3n) is 7.17. The van der Waals surface area contributed by atoms with Crippen molar-refractivity contribution in [3.63, 3.8) is 0 Å². The standard InChI is InChI=1S/C28H32N2O3/c1-27(2,3)28(26(32)33,22-11-7-8-12-22)23-15-13-20(14-16-23)19-30-25(31)18-17-24(29-30)21-9-5-4-6-10-21/h4-6,9-10,13-18,22H,7-8,11-12,19H2,1-3H3,(H,32,33). The molecule has 3 aromatic rings. The molecule has 0 radical (unpaired) electrons. The molecule has 1 heterocycles. The van der Waals surface area contributed by atoms with Gasteiger partial charge in [-0.15, -0.1) is 0 Å². The van der Waals surface area contributed by atoms with Gasteiger partial charge in [-0.2, -0.15) is 5.10 Å². The lowest BCUT2D eigenvalue weighted by Crippen LogP contribution is -2.52. The van der Waals surface area contributed by atoms with Gasteiger partial charge in [0.25, 0.3) is 5.56 Å². The third-order valence-corrected chi connectivity index (χ3v) is 7.17. The second-order valence-corrected chi connectivity index (χ2v) is 10.1. The van der Waals surface area contributed by atoms with E-state index in [-0.39, 0.29) is 11.5 Å². The van der Waals surface area contributed by atoms with Gasteiger partial charge in [-0.1, -0.05) is 88.2 Å². The minimum absolute atomic E-state index is 0.118. The number of carboxylic acid groups (broad SMARTS) is 1. The van der Waals surface area contributed by atoms with Crippen LogP contribution in [0.1, 0.15) is 57.6 Å². The number of carboxylic acids is 1. The number of hydrogen-bond donors (Lipinski definition) is 1. The molecule has 33 heavy (non-hydrogen) atoms. The average molecular weight is 445 g/mol. The molecule has 0 saturated heterocycles. The second kappa shape index (κ2) is 8.97. The number of nitrogens with zero attached hydrogens (tertiary/aromatic N) is 2. The molecule has 5 heteroatoms. The lowest BCUT2D eigenvalue weighted by atomic mass is 9.55. The number of carbonyl (C=O) groups is 1. The normalized spacial score (nSPS) is 16.5. The van der Waals surface area contributed by atoms with Gasteiger partial charge in [0.15, 0.2) is 0 Å². The highest BCUT2D eigenvalue weighted by molar-refractivity contribution is 5.83. The summed E-state index contributed by atoms with van der Waals surface area (Å²) in [6, 6.07) is 20.8. The van der Waals surface area contributed by atoms with Crippen molar-refractivity contribution in [2.75, 3.05) is 0 Å². The maximum atomic E-state index is 12.8. The summed E-state index contributed by atoms with van der Waals surface area (Å²) in [6.07, 6.45) is 4.05. The summed E-state index contributed by atoms with van der Waals surface area (Å²) in [5, 5.41) is 15.0. The summed E-state index contributed by atoms with van der Waals surface area (Å²) in [5.41, 5.74) is 1.91. The van der Waals surface area contributed by atoms with Crippen LogP contribution in [-0.2, 0) is 16.8 Å². The maximum absolute atomic E-state index is 12.8. The Morgan fingerprint density at radius 3 is 2.18 bits per heavy atom. The highest BCUT2D eigenvalue weighted by Gasteiger charge is 2.55. The van der Waals surface area contributed by atoms with Crippen LogP contribution in [0.4, 0.5) is 0 Å². The Balaban J connectivity index is 1.67. The molecule has 1 atom stereocenters. The number of aliphatic carboxylic acids is 1. The van der Waals surface area contributed by atoms with Crippen molar-refractivity contribution in [1.82, 2.24) is 9.78 Å². The van der Waals surface area contributed by atoms with Gasteiger partial charge in [0, 0.05) is 11.6 Å². The van der Waals surface area contributed by atoms with Crippen LogP contribution in [0.25, 0.3) is 11.3 Å². The Bertz CT molecular complexity index is 1170. The van der Waals surface area contributed by atoms with Crippen LogP contribution in [0.15, 0.2) is 71.5 Å². The van der Waals surface area contributed by atoms with E-state index in [0.29, 0.717) is 6.54 Å². The van der Waals surface area contributed by atoms with E-state index in [9.17, 15) is 14.7 Å². The van der Waals surface area contributed by atoms with Crippen molar-refractivity contribution < 1.29 is 9.90 Å². The van der Waals surface area contributed by atoms with E-state index in [1.807, 2.05) is 75.4 Å².